The summed E-state index contributed by atoms with van der Waals surface area (Å²) in [5.74, 6) is 0.611. The van der Waals surface area contributed by atoms with Crippen LogP contribution in [0.5, 0.6) is 5.75 Å². The fourth-order valence-electron chi connectivity index (χ4n) is 4.12. The molecule has 3 aromatic rings. The summed E-state index contributed by atoms with van der Waals surface area (Å²) < 4.78 is 6.59. The predicted octanol–water partition coefficient (Wildman–Crippen LogP) is 3.33. The molecule has 0 spiro atoms. The fourth-order valence-corrected chi connectivity index (χ4v) is 4.12. The van der Waals surface area contributed by atoms with Crippen LogP contribution in [0, 0.1) is 5.92 Å². The number of aromatic nitrogens is 2. The van der Waals surface area contributed by atoms with Gasteiger partial charge in [-0.15, -0.1) is 0 Å². The number of amides is 1. The van der Waals surface area contributed by atoms with Crippen molar-refractivity contribution in [1.82, 2.24) is 9.55 Å². The van der Waals surface area contributed by atoms with Crippen molar-refractivity contribution in [3.8, 4) is 5.75 Å². The van der Waals surface area contributed by atoms with Gasteiger partial charge >= 0.3 is 5.69 Å². The number of methoxy groups -OCH3 is 1. The Hall–Kier alpha value is -3.81. The first-order chi connectivity index (χ1) is 16.0. The number of anilines is 2. The van der Waals surface area contributed by atoms with Crippen molar-refractivity contribution in [2.24, 2.45) is 5.92 Å². The minimum absolute atomic E-state index is 0.115. The monoisotopic (exact) mass is 448 g/mol. The zero-order valence-electron chi connectivity index (χ0n) is 18.6. The predicted molar refractivity (Wildman–Crippen MR) is 128 cm³/mol. The van der Waals surface area contributed by atoms with E-state index in [0.717, 1.165) is 36.8 Å². The summed E-state index contributed by atoms with van der Waals surface area (Å²) in [5, 5.41) is 6.03. The van der Waals surface area contributed by atoms with Gasteiger partial charge in [-0.25, -0.2) is 4.79 Å². The average molecular weight is 449 g/mol. The van der Waals surface area contributed by atoms with Crippen LogP contribution in [0.4, 0.5) is 11.5 Å². The summed E-state index contributed by atoms with van der Waals surface area (Å²) in [6.45, 7) is 0.552. The lowest BCUT2D eigenvalue weighted by atomic mass is 10.1. The van der Waals surface area contributed by atoms with Crippen molar-refractivity contribution >= 4 is 17.4 Å². The first kappa shape index (κ1) is 22.4. The third kappa shape index (κ3) is 5.34. The molecule has 0 atom stereocenters. The van der Waals surface area contributed by atoms with Gasteiger partial charge in [0.2, 0.25) is 5.91 Å². The minimum atomic E-state index is -0.581. The molecule has 0 saturated heterocycles. The van der Waals surface area contributed by atoms with E-state index in [1.165, 1.54) is 4.57 Å². The molecule has 1 aliphatic carbocycles. The van der Waals surface area contributed by atoms with Crippen LogP contribution in [0.3, 0.4) is 0 Å². The summed E-state index contributed by atoms with van der Waals surface area (Å²) in [5.41, 5.74) is 0.818. The molecule has 1 amide bonds. The van der Waals surface area contributed by atoms with Gasteiger partial charge in [0.05, 0.1) is 13.7 Å². The molecule has 1 saturated carbocycles. The zero-order valence-corrected chi connectivity index (χ0v) is 18.6. The Morgan fingerprint density at radius 3 is 2.39 bits per heavy atom. The van der Waals surface area contributed by atoms with Crippen molar-refractivity contribution in [2.45, 2.75) is 38.8 Å². The lowest BCUT2D eigenvalue weighted by Crippen LogP contribution is -2.36. The maximum absolute atomic E-state index is 13.0. The molecule has 0 bridgehead atoms. The Morgan fingerprint density at radius 2 is 1.73 bits per heavy atom. The van der Waals surface area contributed by atoms with Crippen LogP contribution >= 0.6 is 0 Å². The third-order valence-electron chi connectivity index (χ3n) is 5.98. The van der Waals surface area contributed by atoms with E-state index >= 15 is 0 Å². The largest absolute Gasteiger partial charge is 0.497 e. The highest BCUT2D eigenvalue weighted by Crippen LogP contribution is 2.27. The molecule has 4 rings (SSSR count). The second-order valence-electron chi connectivity index (χ2n) is 8.23. The van der Waals surface area contributed by atoms with Crippen LogP contribution in [0.2, 0.25) is 0 Å². The molecule has 0 radical (unpaired) electrons. The molecule has 0 unspecified atom stereocenters. The highest BCUT2D eigenvalue weighted by Gasteiger charge is 2.25. The third-order valence-corrected chi connectivity index (χ3v) is 5.98. The average Bonchev–Trinajstić information content (AvgIpc) is 3.37. The topological polar surface area (TPSA) is 105 Å². The maximum Gasteiger partial charge on any atom is 0.330 e. The number of H-pyrrole nitrogens is 1. The number of hydrogen-bond donors (Lipinski definition) is 3. The molecule has 8 heteroatoms. The highest BCUT2D eigenvalue weighted by molar-refractivity contribution is 5.94. The second kappa shape index (κ2) is 10.2. The van der Waals surface area contributed by atoms with Crippen molar-refractivity contribution in [1.29, 1.82) is 0 Å². The van der Waals surface area contributed by atoms with E-state index in [2.05, 4.69) is 15.6 Å². The van der Waals surface area contributed by atoms with Crippen LogP contribution < -0.4 is 26.6 Å². The number of carbonyl (C=O) groups excluding carboxylic acids is 1. The Balaban J connectivity index is 1.71. The Morgan fingerprint density at radius 1 is 1.03 bits per heavy atom. The number of nitrogens with zero attached hydrogens (tertiary/aromatic N) is 1. The van der Waals surface area contributed by atoms with Crippen molar-refractivity contribution in [2.75, 3.05) is 17.7 Å². The smallest absolute Gasteiger partial charge is 0.330 e. The fraction of sp³-hybridized carbons (Fsp3) is 0.320. The SMILES string of the molecule is COc1ccc(Cn2c(NC(=O)C3CCCC3)c(NCc3ccccc3)c(=O)[nH]c2=O)cc1. The van der Waals surface area contributed by atoms with E-state index in [1.54, 1.807) is 19.2 Å². The minimum Gasteiger partial charge on any atom is -0.497 e. The number of hydrogen-bond acceptors (Lipinski definition) is 5. The maximum atomic E-state index is 13.0. The molecule has 3 N–H and O–H groups in total. The van der Waals surface area contributed by atoms with Gasteiger partial charge in [-0.3, -0.25) is 19.1 Å². The summed E-state index contributed by atoms with van der Waals surface area (Å²) >= 11 is 0. The van der Waals surface area contributed by atoms with Gasteiger partial charge in [0.15, 0.2) is 0 Å². The zero-order chi connectivity index (χ0) is 23.2. The Kier molecular flexibility index (Phi) is 6.92. The Bertz CT molecular complexity index is 1210. The molecule has 1 aromatic heterocycles. The van der Waals surface area contributed by atoms with Crippen LogP contribution in [-0.2, 0) is 17.9 Å². The van der Waals surface area contributed by atoms with Gasteiger partial charge in [0.25, 0.3) is 5.56 Å². The van der Waals surface area contributed by atoms with E-state index in [0.29, 0.717) is 12.3 Å². The molecule has 8 nitrogen and oxygen atoms in total. The van der Waals surface area contributed by atoms with Gasteiger partial charge in [-0.05, 0) is 36.1 Å². The summed E-state index contributed by atoms with van der Waals surface area (Å²) in [6.07, 6.45) is 3.63. The van der Waals surface area contributed by atoms with Crippen molar-refractivity contribution in [3.63, 3.8) is 0 Å². The number of benzene rings is 2. The highest BCUT2D eigenvalue weighted by atomic mass is 16.5. The normalized spacial score (nSPS) is 13.6. The second-order valence-corrected chi connectivity index (χ2v) is 8.23. The summed E-state index contributed by atoms with van der Waals surface area (Å²) in [6, 6.07) is 16.9. The van der Waals surface area contributed by atoms with E-state index in [1.807, 2.05) is 42.5 Å². The van der Waals surface area contributed by atoms with Crippen LogP contribution in [0.25, 0.3) is 0 Å². The van der Waals surface area contributed by atoms with Crippen LogP contribution in [0.15, 0.2) is 64.2 Å². The van der Waals surface area contributed by atoms with Crippen LogP contribution in [0.1, 0.15) is 36.8 Å². The number of rotatable bonds is 8. The van der Waals surface area contributed by atoms with Crippen LogP contribution in [-0.4, -0.2) is 22.6 Å². The molecular weight excluding hydrogens is 420 g/mol. The van der Waals surface area contributed by atoms with Gasteiger partial charge in [-0.1, -0.05) is 55.3 Å². The molecule has 2 aromatic carbocycles. The van der Waals surface area contributed by atoms with Gasteiger partial charge in [0.1, 0.15) is 17.3 Å². The Labute approximate surface area is 191 Å². The first-order valence-electron chi connectivity index (χ1n) is 11.1. The number of nitrogens with one attached hydrogen (secondary N) is 3. The number of ether oxygens (including phenoxy) is 1. The van der Waals surface area contributed by atoms with Crippen molar-refractivity contribution < 1.29 is 9.53 Å². The standard InChI is InChI=1S/C25H28N4O4/c1-33-20-13-11-18(12-14-20)16-29-22(27-23(30)19-9-5-6-10-19)21(24(31)28-25(29)32)26-15-17-7-3-2-4-8-17/h2-4,7-8,11-14,19,26H,5-6,9-10,15-16H2,1H3,(H,27,30)(H,28,31,32). The first-order valence-corrected chi connectivity index (χ1v) is 11.1. The quantitative estimate of drug-likeness (QED) is 0.490. The summed E-state index contributed by atoms with van der Waals surface area (Å²) in [7, 11) is 1.59. The van der Waals surface area contributed by atoms with E-state index < -0.39 is 11.2 Å². The van der Waals surface area contributed by atoms with Crippen molar-refractivity contribution in [3.05, 3.63) is 86.6 Å². The van der Waals surface area contributed by atoms with Gasteiger partial charge in [0, 0.05) is 12.5 Å². The lowest BCUT2D eigenvalue weighted by molar-refractivity contribution is -0.119. The molecule has 172 valence electrons. The number of carbonyl (C=O) groups is 1. The molecule has 1 fully saturated rings. The van der Waals surface area contributed by atoms with E-state index in [-0.39, 0.29) is 29.9 Å². The number of aromatic amines is 1. The molecule has 0 aliphatic heterocycles. The molecule has 33 heavy (non-hydrogen) atoms. The summed E-state index contributed by atoms with van der Waals surface area (Å²) in [4.78, 5) is 40.9. The molecule has 1 heterocycles. The molecular formula is C25H28N4O4. The van der Waals surface area contributed by atoms with Gasteiger partial charge in [-0.2, -0.15) is 0 Å². The van der Waals surface area contributed by atoms with Gasteiger partial charge < -0.3 is 15.4 Å². The van der Waals surface area contributed by atoms with E-state index in [9.17, 15) is 14.4 Å². The molecule has 1 aliphatic rings. The lowest BCUT2D eigenvalue weighted by Gasteiger charge is -2.19. The van der Waals surface area contributed by atoms with E-state index in [4.69, 9.17) is 4.74 Å².